The quantitative estimate of drug-likeness (QED) is 0.126. The molecule has 3 aromatic carbocycles. The molecule has 0 aliphatic carbocycles. The Morgan fingerprint density at radius 3 is 2.23 bits per heavy atom. The number of carbonyl (C=O) groups is 1. The Balaban J connectivity index is 1.60. The van der Waals surface area contributed by atoms with E-state index in [0.717, 1.165) is 18.3 Å². The minimum atomic E-state index is -0.864. The summed E-state index contributed by atoms with van der Waals surface area (Å²) in [7, 11) is 4.52. The Kier molecular flexibility index (Phi) is 11.5. The molecule has 47 heavy (non-hydrogen) atoms. The number of rotatable bonds is 10. The first-order chi connectivity index (χ1) is 22.5. The van der Waals surface area contributed by atoms with Gasteiger partial charge in [-0.2, -0.15) is 0 Å². The first-order valence-electron chi connectivity index (χ1n) is 14.1. The highest BCUT2D eigenvalue weighted by Crippen LogP contribution is 2.42. The van der Waals surface area contributed by atoms with Crippen LogP contribution < -0.4 is 33.8 Å². The number of hydrogen-bond donors (Lipinski definition) is 0. The molecule has 1 aromatic heterocycles. The summed E-state index contributed by atoms with van der Waals surface area (Å²) >= 11 is 18.0. The van der Waals surface area contributed by atoms with Crippen LogP contribution in [-0.4, -0.2) is 38.5 Å². The third-order valence-corrected chi connectivity index (χ3v) is 10.4. The maximum Gasteiger partial charge on any atom is 0.338 e. The van der Waals surface area contributed by atoms with Gasteiger partial charge in [0.2, 0.25) is 5.75 Å². The van der Waals surface area contributed by atoms with E-state index in [1.807, 2.05) is 24.3 Å². The van der Waals surface area contributed by atoms with Crippen molar-refractivity contribution < 1.29 is 28.5 Å². The topological polar surface area (TPSA) is 97.6 Å². The van der Waals surface area contributed by atoms with E-state index in [9.17, 15) is 9.59 Å². The van der Waals surface area contributed by atoms with E-state index in [1.165, 1.54) is 37.2 Å². The van der Waals surface area contributed by atoms with E-state index in [4.69, 9.17) is 46.9 Å². The summed E-state index contributed by atoms with van der Waals surface area (Å²) in [5.41, 5.74) is 2.55. The van der Waals surface area contributed by atoms with Crippen LogP contribution >= 0.6 is 79.7 Å². The second kappa shape index (κ2) is 15.2. The number of fused-ring (bicyclic) bond motifs is 1. The number of hydrogen-bond acceptors (Lipinski definition) is 9. The summed E-state index contributed by atoms with van der Waals surface area (Å²) in [6.45, 7) is 3.88. The minimum absolute atomic E-state index is 0.158. The van der Waals surface area contributed by atoms with Crippen molar-refractivity contribution in [3.8, 4) is 23.0 Å². The van der Waals surface area contributed by atoms with Crippen LogP contribution in [-0.2, 0) is 16.1 Å². The zero-order chi connectivity index (χ0) is 34.0. The van der Waals surface area contributed by atoms with Gasteiger partial charge in [0.15, 0.2) is 16.3 Å². The number of benzene rings is 3. The van der Waals surface area contributed by atoms with Crippen LogP contribution in [0.1, 0.15) is 36.6 Å². The van der Waals surface area contributed by atoms with Crippen molar-refractivity contribution in [1.82, 2.24) is 4.57 Å². The van der Waals surface area contributed by atoms with Gasteiger partial charge < -0.3 is 23.7 Å². The van der Waals surface area contributed by atoms with E-state index >= 15 is 0 Å². The van der Waals surface area contributed by atoms with E-state index in [2.05, 4.69) is 50.2 Å². The number of esters is 1. The van der Waals surface area contributed by atoms with Crippen LogP contribution in [0.2, 0.25) is 10.0 Å². The predicted molar refractivity (Wildman–Crippen MR) is 199 cm³/mol. The monoisotopic (exact) mass is 920 g/mol. The second-order valence-electron chi connectivity index (χ2n) is 10.1. The fourth-order valence-corrected chi connectivity index (χ4v) is 8.74. The van der Waals surface area contributed by atoms with Gasteiger partial charge in [0.05, 0.1) is 56.9 Å². The van der Waals surface area contributed by atoms with E-state index in [-0.39, 0.29) is 24.3 Å². The van der Waals surface area contributed by atoms with Gasteiger partial charge >= 0.3 is 5.97 Å². The van der Waals surface area contributed by atoms with Gasteiger partial charge in [0.25, 0.3) is 5.56 Å². The largest absolute Gasteiger partial charge is 0.493 e. The Morgan fingerprint density at radius 2 is 1.66 bits per heavy atom. The zero-order valence-corrected chi connectivity index (χ0v) is 32.4. The SMILES string of the molecule is CCOC(=O)C1=C(C)N=c2s/c(=C\c3cc(I)c(OCc4ccc(Cl)cc4Cl)c(I)c3)c(=O)n2[C@H]1c1cc(OC)c(OC)c(OC)c1. The van der Waals surface area contributed by atoms with E-state index in [1.54, 1.807) is 38.1 Å². The molecule has 2 heterocycles. The van der Waals surface area contributed by atoms with Crippen molar-refractivity contribution in [2.24, 2.45) is 4.99 Å². The number of methoxy groups -OCH3 is 3. The van der Waals surface area contributed by atoms with Gasteiger partial charge in [0.1, 0.15) is 12.4 Å². The van der Waals surface area contributed by atoms with Crippen LogP contribution in [0.15, 0.2) is 63.5 Å². The number of halogens is 4. The third kappa shape index (κ3) is 7.31. The minimum Gasteiger partial charge on any atom is -0.493 e. The van der Waals surface area contributed by atoms with Crippen molar-refractivity contribution >= 4 is 91.8 Å². The van der Waals surface area contributed by atoms with Crippen LogP contribution in [0.3, 0.4) is 0 Å². The lowest BCUT2D eigenvalue weighted by atomic mass is 9.95. The Labute approximate surface area is 312 Å². The molecule has 0 saturated heterocycles. The number of nitrogens with zero attached hydrogens (tertiary/aromatic N) is 2. The molecule has 1 atom stereocenters. The molecule has 0 saturated carbocycles. The second-order valence-corrected chi connectivity index (χ2v) is 14.3. The summed E-state index contributed by atoms with van der Waals surface area (Å²) in [5.74, 6) is 1.28. The van der Waals surface area contributed by atoms with Crippen LogP contribution in [0, 0.1) is 7.14 Å². The summed E-state index contributed by atoms with van der Waals surface area (Å²) in [4.78, 5) is 32.7. The maximum absolute atomic E-state index is 14.2. The third-order valence-electron chi connectivity index (χ3n) is 7.23. The van der Waals surface area contributed by atoms with Gasteiger partial charge in [-0.15, -0.1) is 0 Å². The Morgan fingerprint density at radius 1 is 1.00 bits per heavy atom. The van der Waals surface area contributed by atoms with Crippen LogP contribution in [0.4, 0.5) is 0 Å². The molecule has 0 N–H and O–H groups in total. The summed E-state index contributed by atoms with van der Waals surface area (Å²) < 4.78 is 31.9. The molecular weight excluding hydrogens is 893 g/mol. The lowest BCUT2D eigenvalue weighted by Crippen LogP contribution is -2.40. The molecule has 0 radical (unpaired) electrons. The molecule has 246 valence electrons. The smallest absolute Gasteiger partial charge is 0.338 e. The van der Waals surface area contributed by atoms with Gasteiger partial charge in [-0.3, -0.25) is 9.36 Å². The van der Waals surface area contributed by atoms with E-state index in [0.29, 0.717) is 53.6 Å². The van der Waals surface area contributed by atoms with Crippen LogP contribution in [0.25, 0.3) is 6.08 Å². The van der Waals surface area contributed by atoms with E-state index < -0.39 is 12.0 Å². The first kappa shape index (κ1) is 35.5. The lowest BCUT2D eigenvalue weighted by Gasteiger charge is -2.26. The maximum atomic E-state index is 14.2. The average Bonchev–Trinajstić information content (AvgIpc) is 3.33. The number of ether oxygens (including phenoxy) is 5. The molecular formula is C33H28Cl2I2N2O7S. The molecule has 0 unspecified atom stereocenters. The number of carbonyl (C=O) groups excluding carboxylic acids is 1. The molecule has 9 nitrogen and oxygen atoms in total. The first-order valence-corrected chi connectivity index (χ1v) is 17.8. The molecule has 0 fully saturated rings. The van der Waals surface area contributed by atoms with Gasteiger partial charge in [-0.05, 0) is 113 Å². The fourth-order valence-electron chi connectivity index (χ4n) is 5.11. The molecule has 14 heteroatoms. The summed E-state index contributed by atoms with van der Waals surface area (Å²) in [5, 5.41) is 1.08. The van der Waals surface area contributed by atoms with Crippen molar-refractivity contribution in [3.05, 3.63) is 107 Å². The van der Waals surface area contributed by atoms with Gasteiger partial charge in [0, 0.05) is 15.6 Å². The highest BCUT2D eigenvalue weighted by atomic mass is 127. The van der Waals surface area contributed by atoms with Gasteiger partial charge in [-0.1, -0.05) is 40.6 Å². The van der Waals surface area contributed by atoms with Crippen molar-refractivity contribution in [3.63, 3.8) is 0 Å². The van der Waals surface area contributed by atoms with Crippen LogP contribution in [0.5, 0.6) is 23.0 Å². The van der Waals surface area contributed by atoms with Crippen molar-refractivity contribution in [2.75, 3.05) is 27.9 Å². The Bertz CT molecular complexity index is 2050. The lowest BCUT2D eigenvalue weighted by molar-refractivity contribution is -0.139. The fraction of sp³-hybridized carbons (Fsp3) is 0.242. The molecule has 4 aromatic rings. The summed E-state index contributed by atoms with van der Waals surface area (Å²) in [6.07, 6.45) is 1.81. The van der Waals surface area contributed by atoms with Crippen molar-refractivity contribution in [2.45, 2.75) is 26.5 Å². The highest BCUT2D eigenvalue weighted by Gasteiger charge is 2.34. The predicted octanol–water partition coefficient (Wildman–Crippen LogP) is 6.92. The molecule has 1 aliphatic rings. The molecule has 5 rings (SSSR count). The summed E-state index contributed by atoms with van der Waals surface area (Å²) in [6, 6.07) is 11.7. The standard InChI is InChI=1S/C33H28Cl2I2N2O7S/c1-6-45-32(41)27-16(2)38-33-39(28(27)19-12-24(42-3)30(44-5)25(13-19)43-4)31(40)26(47-33)11-17-9-22(36)29(23(37)10-17)46-15-18-7-8-20(34)14-21(18)35/h7-14,28H,6,15H2,1-5H3/b26-11-/t28-/m0/s1. The normalized spacial score (nSPS) is 14.4. The van der Waals surface area contributed by atoms with Crippen molar-refractivity contribution in [1.29, 1.82) is 0 Å². The Hall–Kier alpha value is -2.79. The molecule has 0 spiro atoms. The highest BCUT2D eigenvalue weighted by molar-refractivity contribution is 14.1. The molecule has 0 amide bonds. The average molecular weight is 921 g/mol. The number of allylic oxidation sites excluding steroid dienone is 1. The molecule has 0 bridgehead atoms. The molecule has 1 aliphatic heterocycles. The zero-order valence-electron chi connectivity index (χ0n) is 25.8. The number of aromatic nitrogens is 1. The number of thiazole rings is 1. The van der Waals surface area contributed by atoms with Gasteiger partial charge in [-0.25, -0.2) is 9.79 Å².